The fourth-order valence-electron chi connectivity index (χ4n) is 1.02. The topological polar surface area (TPSA) is 75.8 Å². The van der Waals surface area contributed by atoms with Crippen LogP contribution in [0.5, 0.6) is 0 Å². The van der Waals surface area contributed by atoms with Crippen molar-refractivity contribution < 1.29 is 4.39 Å². The van der Waals surface area contributed by atoms with Crippen LogP contribution in [-0.4, -0.2) is 6.54 Å². The van der Waals surface area contributed by atoms with E-state index in [9.17, 15) is 4.39 Å². The van der Waals surface area contributed by atoms with Gasteiger partial charge in [0.2, 0.25) is 0 Å². The van der Waals surface area contributed by atoms with Gasteiger partial charge in [-0.25, -0.2) is 4.39 Å². The van der Waals surface area contributed by atoms with E-state index in [0.29, 0.717) is 11.1 Å². The highest BCUT2D eigenvalue weighted by Gasteiger charge is 2.10. The van der Waals surface area contributed by atoms with Gasteiger partial charge in [-0.2, -0.15) is 5.26 Å². The molecule has 0 fully saturated rings. The molecule has 4 heteroatoms. The third kappa shape index (κ3) is 2.02. The normalized spacial score (nSPS) is 12.2. The molecule has 1 rings (SSSR count). The summed E-state index contributed by atoms with van der Waals surface area (Å²) in [6.45, 7) is 0.159. The fourth-order valence-corrected chi connectivity index (χ4v) is 1.02. The molecule has 1 aromatic rings. The Morgan fingerprint density at radius 3 is 2.77 bits per heavy atom. The first-order valence-electron chi connectivity index (χ1n) is 3.84. The van der Waals surface area contributed by atoms with Crippen LogP contribution in [0, 0.1) is 17.1 Å². The van der Waals surface area contributed by atoms with Crippen LogP contribution in [-0.2, 0) is 0 Å². The third-order valence-electron chi connectivity index (χ3n) is 1.78. The molecule has 0 aliphatic carbocycles. The van der Waals surface area contributed by atoms with Crippen molar-refractivity contribution in [2.75, 3.05) is 6.54 Å². The molecule has 0 spiro atoms. The molecule has 0 amide bonds. The van der Waals surface area contributed by atoms with E-state index in [0.717, 1.165) is 0 Å². The molecule has 1 atom stereocenters. The van der Waals surface area contributed by atoms with E-state index in [-0.39, 0.29) is 6.54 Å². The summed E-state index contributed by atoms with van der Waals surface area (Å²) in [5, 5.41) is 8.56. The Bertz CT molecular complexity index is 343. The van der Waals surface area contributed by atoms with E-state index in [2.05, 4.69) is 0 Å². The number of hydrogen-bond acceptors (Lipinski definition) is 3. The maximum Gasteiger partial charge on any atom is 0.128 e. The monoisotopic (exact) mass is 179 g/mol. The molecule has 1 aromatic carbocycles. The Labute approximate surface area is 75.8 Å². The van der Waals surface area contributed by atoms with Gasteiger partial charge in [0.15, 0.2) is 0 Å². The number of halogens is 1. The van der Waals surface area contributed by atoms with Crippen molar-refractivity contribution in [2.24, 2.45) is 11.5 Å². The Morgan fingerprint density at radius 1 is 1.54 bits per heavy atom. The lowest BCUT2D eigenvalue weighted by Gasteiger charge is -2.09. The predicted octanol–water partition coefficient (Wildman–Crippen LogP) is 0.656. The smallest absolute Gasteiger partial charge is 0.128 e. The Kier molecular flexibility index (Phi) is 2.96. The highest BCUT2D eigenvalue weighted by molar-refractivity contribution is 5.35. The number of nitrogens with zero attached hydrogens (tertiary/aromatic N) is 1. The van der Waals surface area contributed by atoms with Gasteiger partial charge in [-0.1, -0.05) is 0 Å². The van der Waals surface area contributed by atoms with Gasteiger partial charge >= 0.3 is 0 Å². The number of nitrogens with two attached hydrogens (primary N) is 2. The standard InChI is InChI=1S/C9H10FN3/c10-8-2-1-6(4-11)3-7(8)9(13)5-12/h1-3,9H,5,12-13H2. The lowest BCUT2D eigenvalue weighted by atomic mass is 10.0. The van der Waals surface area contributed by atoms with Crippen LogP contribution in [0.4, 0.5) is 4.39 Å². The van der Waals surface area contributed by atoms with Crippen LogP contribution in [0.2, 0.25) is 0 Å². The summed E-state index contributed by atoms with van der Waals surface area (Å²) in [5.74, 6) is -0.419. The van der Waals surface area contributed by atoms with E-state index in [1.165, 1.54) is 18.2 Å². The van der Waals surface area contributed by atoms with Gasteiger partial charge in [0.05, 0.1) is 11.6 Å². The van der Waals surface area contributed by atoms with Crippen LogP contribution in [0.15, 0.2) is 18.2 Å². The molecule has 0 aromatic heterocycles. The summed E-state index contributed by atoms with van der Waals surface area (Å²) in [7, 11) is 0. The lowest BCUT2D eigenvalue weighted by molar-refractivity contribution is 0.584. The van der Waals surface area contributed by atoms with Gasteiger partial charge in [0.25, 0.3) is 0 Å². The third-order valence-corrected chi connectivity index (χ3v) is 1.78. The second-order valence-corrected chi connectivity index (χ2v) is 2.69. The molecule has 4 N–H and O–H groups in total. The van der Waals surface area contributed by atoms with Gasteiger partial charge in [-0.05, 0) is 18.2 Å². The molecule has 0 saturated carbocycles. The molecule has 0 saturated heterocycles. The first kappa shape index (κ1) is 9.65. The SMILES string of the molecule is N#Cc1ccc(F)c(C(N)CN)c1. The van der Waals surface area contributed by atoms with Crippen LogP contribution in [0.1, 0.15) is 17.2 Å². The van der Waals surface area contributed by atoms with Gasteiger partial charge < -0.3 is 11.5 Å². The van der Waals surface area contributed by atoms with Gasteiger partial charge in [-0.15, -0.1) is 0 Å². The average molecular weight is 179 g/mol. The van der Waals surface area contributed by atoms with E-state index in [1.807, 2.05) is 6.07 Å². The Balaban J connectivity index is 3.12. The number of nitriles is 1. The molecule has 0 aliphatic rings. The van der Waals surface area contributed by atoms with Crippen LogP contribution in [0.3, 0.4) is 0 Å². The molecule has 0 aliphatic heterocycles. The quantitative estimate of drug-likeness (QED) is 0.700. The summed E-state index contributed by atoms with van der Waals surface area (Å²) in [6, 6.07) is 5.42. The molecule has 68 valence electrons. The number of hydrogen-bond donors (Lipinski definition) is 2. The number of rotatable bonds is 2. The Morgan fingerprint density at radius 2 is 2.23 bits per heavy atom. The maximum absolute atomic E-state index is 13.1. The molecule has 1 unspecified atom stereocenters. The van der Waals surface area contributed by atoms with Crippen LogP contribution < -0.4 is 11.5 Å². The zero-order valence-electron chi connectivity index (χ0n) is 7.00. The number of benzene rings is 1. The molecular formula is C9H10FN3. The van der Waals surface area contributed by atoms with Crippen molar-refractivity contribution >= 4 is 0 Å². The largest absolute Gasteiger partial charge is 0.329 e. The average Bonchev–Trinajstić information content (AvgIpc) is 2.17. The van der Waals surface area contributed by atoms with Crippen molar-refractivity contribution in [1.82, 2.24) is 0 Å². The van der Waals surface area contributed by atoms with E-state index >= 15 is 0 Å². The fraction of sp³-hybridized carbons (Fsp3) is 0.222. The summed E-state index contributed by atoms with van der Waals surface area (Å²) in [6.07, 6.45) is 0. The van der Waals surface area contributed by atoms with Gasteiger partial charge in [-0.3, -0.25) is 0 Å². The first-order valence-corrected chi connectivity index (χ1v) is 3.84. The molecule has 0 bridgehead atoms. The summed E-state index contributed by atoms with van der Waals surface area (Å²) >= 11 is 0. The van der Waals surface area contributed by atoms with Crippen molar-refractivity contribution in [1.29, 1.82) is 5.26 Å². The van der Waals surface area contributed by atoms with E-state index in [1.54, 1.807) is 0 Å². The zero-order chi connectivity index (χ0) is 9.84. The van der Waals surface area contributed by atoms with Gasteiger partial charge in [0, 0.05) is 18.2 Å². The zero-order valence-corrected chi connectivity index (χ0v) is 7.00. The molecular weight excluding hydrogens is 169 g/mol. The minimum Gasteiger partial charge on any atom is -0.329 e. The van der Waals surface area contributed by atoms with Crippen molar-refractivity contribution in [3.05, 3.63) is 35.1 Å². The minimum absolute atomic E-state index is 0.159. The maximum atomic E-state index is 13.1. The summed E-state index contributed by atoms with van der Waals surface area (Å²) < 4.78 is 13.1. The highest BCUT2D eigenvalue weighted by Crippen LogP contribution is 2.15. The molecule has 13 heavy (non-hydrogen) atoms. The lowest BCUT2D eigenvalue weighted by Crippen LogP contribution is -2.21. The van der Waals surface area contributed by atoms with Gasteiger partial charge in [0.1, 0.15) is 5.82 Å². The minimum atomic E-state index is -0.548. The Hall–Kier alpha value is -1.44. The summed E-state index contributed by atoms with van der Waals surface area (Å²) in [5.41, 5.74) is 11.5. The predicted molar refractivity (Wildman–Crippen MR) is 47.1 cm³/mol. The molecule has 0 heterocycles. The van der Waals surface area contributed by atoms with E-state index < -0.39 is 11.9 Å². The van der Waals surface area contributed by atoms with Crippen LogP contribution in [0.25, 0.3) is 0 Å². The van der Waals surface area contributed by atoms with Crippen molar-refractivity contribution in [3.8, 4) is 6.07 Å². The van der Waals surface area contributed by atoms with E-state index in [4.69, 9.17) is 16.7 Å². The molecule has 0 radical (unpaired) electrons. The second kappa shape index (κ2) is 3.99. The second-order valence-electron chi connectivity index (χ2n) is 2.69. The first-order chi connectivity index (χ1) is 6.19. The van der Waals surface area contributed by atoms with Crippen molar-refractivity contribution in [2.45, 2.75) is 6.04 Å². The van der Waals surface area contributed by atoms with Crippen molar-refractivity contribution in [3.63, 3.8) is 0 Å². The molecule has 3 nitrogen and oxygen atoms in total. The summed E-state index contributed by atoms with van der Waals surface area (Å²) in [4.78, 5) is 0. The highest BCUT2D eigenvalue weighted by atomic mass is 19.1. The van der Waals surface area contributed by atoms with Crippen LogP contribution >= 0.6 is 0 Å².